The molecule has 8 heteroatoms. The molecule has 0 aliphatic heterocycles. The zero-order valence-corrected chi connectivity index (χ0v) is 13.6. The lowest BCUT2D eigenvalue weighted by molar-refractivity contribution is -0.384. The minimum Gasteiger partial charge on any atom is -0.422 e. The number of nitrogens with zero attached hydrogens (tertiary/aromatic N) is 1. The number of nitrogens with one attached hydrogen (secondary N) is 1. The number of benzene rings is 2. The fourth-order valence-corrected chi connectivity index (χ4v) is 2.55. The lowest BCUT2D eigenvalue weighted by Gasteiger charge is -2.05. The largest absolute Gasteiger partial charge is 0.422 e. The number of amides is 1. The summed E-state index contributed by atoms with van der Waals surface area (Å²) < 4.78 is 5.83. The molecule has 0 saturated carbocycles. The minimum atomic E-state index is -0.816. The van der Waals surface area contributed by atoms with Crippen LogP contribution in [0.5, 0.6) is 0 Å². The molecule has 0 bridgehead atoms. The van der Waals surface area contributed by atoms with Crippen molar-refractivity contribution < 1.29 is 14.1 Å². The molecule has 0 unspecified atom stereocenters. The van der Waals surface area contributed by atoms with Gasteiger partial charge in [0.25, 0.3) is 11.6 Å². The Morgan fingerprint density at radius 3 is 2.67 bits per heavy atom. The van der Waals surface area contributed by atoms with Gasteiger partial charge in [0.05, 0.1) is 4.92 Å². The Balaban J connectivity index is 2.01. The van der Waals surface area contributed by atoms with E-state index in [1.165, 1.54) is 24.3 Å². The van der Waals surface area contributed by atoms with Crippen molar-refractivity contribution in [3.63, 3.8) is 0 Å². The van der Waals surface area contributed by atoms with Crippen molar-refractivity contribution in [1.29, 1.82) is 0 Å². The summed E-state index contributed by atoms with van der Waals surface area (Å²) in [4.78, 5) is 34.5. The van der Waals surface area contributed by atoms with E-state index in [4.69, 9.17) is 4.42 Å². The van der Waals surface area contributed by atoms with Gasteiger partial charge >= 0.3 is 5.63 Å². The fraction of sp³-hybridized carbons (Fsp3) is 0. The summed E-state index contributed by atoms with van der Waals surface area (Å²) in [5, 5.41) is 13.7. The van der Waals surface area contributed by atoms with Crippen molar-refractivity contribution in [3.8, 4) is 0 Å². The molecule has 0 atom stereocenters. The van der Waals surface area contributed by atoms with Crippen molar-refractivity contribution in [3.05, 3.63) is 79.1 Å². The van der Waals surface area contributed by atoms with Gasteiger partial charge in [-0.05, 0) is 30.3 Å². The number of hydrogen-bond donors (Lipinski definition) is 1. The summed E-state index contributed by atoms with van der Waals surface area (Å²) in [6.45, 7) is 0. The molecule has 120 valence electrons. The lowest BCUT2D eigenvalue weighted by atomic mass is 10.1. The number of anilines is 1. The number of hydrogen-bond acceptors (Lipinski definition) is 5. The quantitative estimate of drug-likeness (QED) is 0.418. The number of nitro benzene ring substituents is 1. The highest BCUT2D eigenvalue weighted by molar-refractivity contribution is 9.10. The van der Waals surface area contributed by atoms with Gasteiger partial charge in [-0.25, -0.2) is 4.79 Å². The van der Waals surface area contributed by atoms with Gasteiger partial charge in [0, 0.05) is 27.7 Å². The average molecular weight is 389 g/mol. The van der Waals surface area contributed by atoms with Crippen LogP contribution in [0.3, 0.4) is 0 Å². The second-order valence-corrected chi connectivity index (χ2v) is 5.81. The molecule has 0 spiro atoms. The van der Waals surface area contributed by atoms with Crippen molar-refractivity contribution in [2.75, 3.05) is 5.32 Å². The Kier molecular flexibility index (Phi) is 4.13. The molecule has 7 nitrogen and oxygen atoms in total. The van der Waals surface area contributed by atoms with Gasteiger partial charge in [0.2, 0.25) is 0 Å². The first kappa shape index (κ1) is 15.9. The highest BCUT2D eigenvalue weighted by Gasteiger charge is 2.16. The Hall–Kier alpha value is -3.00. The van der Waals surface area contributed by atoms with E-state index in [9.17, 15) is 19.7 Å². The second-order valence-electron chi connectivity index (χ2n) is 4.89. The smallest absolute Gasteiger partial charge is 0.349 e. The lowest BCUT2D eigenvalue weighted by Crippen LogP contribution is -2.20. The molecule has 0 aliphatic rings. The zero-order valence-electron chi connectivity index (χ0n) is 12.0. The topological polar surface area (TPSA) is 102 Å². The summed E-state index contributed by atoms with van der Waals surface area (Å²) in [5.74, 6) is -0.657. The number of rotatable bonds is 3. The maximum absolute atomic E-state index is 12.3. The van der Waals surface area contributed by atoms with E-state index in [1.54, 1.807) is 24.3 Å². The maximum atomic E-state index is 12.3. The van der Waals surface area contributed by atoms with Gasteiger partial charge in [-0.1, -0.05) is 22.0 Å². The van der Waals surface area contributed by atoms with E-state index >= 15 is 0 Å². The standard InChI is InChI=1S/C16H9BrN2O5/c17-10-2-1-3-11(8-10)18-15(20)13-7-9-6-12(19(22)23)4-5-14(9)24-16(13)21/h1-8H,(H,18,20). The van der Waals surface area contributed by atoms with E-state index in [-0.39, 0.29) is 16.8 Å². The Bertz CT molecular complexity index is 1030. The molecule has 1 amide bonds. The van der Waals surface area contributed by atoms with E-state index < -0.39 is 16.5 Å². The number of fused-ring (bicyclic) bond motifs is 1. The van der Waals surface area contributed by atoms with Crippen LogP contribution in [-0.4, -0.2) is 10.8 Å². The van der Waals surface area contributed by atoms with Crippen LogP contribution in [0.25, 0.3) is 11.0 Å². The number of nitro groups is 1. The molecule has 0 saturated heterocycles. The number of halogens is 1. The van der Waals surface area contributed by atoms with Crippen molar-refractivity contribution in [1.82, 2.24) is 0 Å². The van der Waals surface area contributed by atoms with E-state index in [1.807, 2.05) is 0 Å². The molecule has 3 aromatic rings. The summed E-state index contributed by atoms with van der Waals surface area (Å²) in [5.41, 5.74) is -0.543. The van der Waals surface area contributed by atoms with Gasteiger partial charge in [-0.2, -0.15) is 0 Å². The van der Waals surface area contributed by atoms with Gasteiger partial charge in [-0.15, -0.1) is 0 Å². The molecule has 24 heavy (non-hydrogen) atoms. The molecule has 0 aliphatic carbocycles. The first-order chi connectivity index (χ1) is 11.4. The molecule has 1 aromatic heterocycles. The molecular weight excluding hydrogens is 380 g/mol. The van der Waals surface area contributed by atoms with Gasteiger partial charge in [0.15, 0.2) is 0 Å². The first-order valence-corrected chi connectivity index (χ1v) is 7.52. The van der Waals surface area contributed by atoms with Crippen molar-refractivity contribution >= 4 is 44.2 Å². The summed E-state index contributed by atoms with van der Waals surface area (Å²) in [6.07, 6.45) is 0. The SMILES string of the molecule is O=C(Nc1cccc(Br)c1)c1cc2cc([N+](=O)[O-])ccc2oc1=O. The summed E-state index contributed by atoms with van der Waals surface area (Å²) in [7, 11) is 0. The summed E-state index contributed by atoms with van der Waals surface area (Å²) in [6, 6.07) is 11.9. The normalized spacial score (nSPS) is 10.5. The Morgan fingerprint density at radius 2 is 1.96 bits per heavy atom. The van der Waals surface area contributed by atoms with Crippen LogP contribution in [0.15, 0.2) is 62.2 Å². The van der Waals surface area contributed by atoms with Crippen LogP contribution in [0.1, 0.15) is 10.4 Å². The van der Waals surface area contributed by atoms with Crippen molar-refractivity contribution in [2.24, 2.45) is 0 Å². The highest BCUT2D eigenvalue weighted by atomic mass is 79.9. The van der Waals surface area contributed by atoms with Gasteiger partial charge in [0.1, 0.15) is 11.1 Å². The van der Waals surface area contributed by atoms with Crippen molar-refractivity contribution in [2.45, 2.75) is 0 Å². The molecule has 2 aromatic carbocycles. The van der Waals surface area contributed by atoms with Crippen LogP contribution in [0.4, 0.5) is 11.4 Å². The predicted molar refractivity (Wildman–Crippen MR) is 91.2 cm³/mol. The molecule has 0 radical (unpaired) electrons. The molecular formula is C16H9BrN2O5. The number of non-ortho nitro benzene ring substituents is 1. The monoisotopic (exact) mass is 388 g/mol. The Labute approximate surface area is 143 Å². The third kappa shape index (κ3) is 3.18. The molecule has 1 heterocycles. The zero-order chi connectivity index (χ0) is 17.3. The van der Waals surface area contributed by atoms with Crippen LogP contribution in [-0.2, 0) is 0 Å². The van der Waals surface area contributed by atoms with E-state index in [0.29, 0.717) is 11.1 Å². The first-order valence-electron chi connectivity index (χ1n) is 6.73. The van der Waals surface area contributed by atoms with Gasteiger partial charge < -0.3 is 9.73 Å². The summed E-state index contributed by atoms with van der Waals surface area (Å²) >= 11 is 3.28. The van der Waals surface area contributed by atoms with Crippen LogP contribution in [0.2, 0.25) is 0 Å². The number of carbonyl (C=O) groups is 1. The van der Waals surface area contributed by atoms with Crippen LogP contribution >= 0.6 is 15.9 Å². The highest BCUT2D eigenvalue weighted by Crippen LogP contribution is 2.21. The van der Waals surface area contributed by atoms with E-state index in [0.717, 1.165) is 4.47 Å². The third-order valence-corrected chi connectivity index (χ3v) is 3.75. The predicted octanol–water partition coefficient (Wildman–Crippen LogP) is 3.72. The molecule has 1 N–H and O–H groups in total. The number of carbonyl (C=O) groups excluding carboxylic acids is 1. The minimum absolute atomic E-state index is 0.158. The second kappa shape index (κ2) is 6.25. The average Bonchev–Trinajstić information content (AvgIpc) is 2.53. The maximum Gasteiger partial charge on any atom is 0.349 e. The molecule has 3 rings (SSSR count). The van der Waals surface area contributed by atoms with Crippen LogP contribution in [0, 0.1) is 10.1 Å². The fourth-order valence-electron chi connectivity index (χ4n) is 2.15. The molecule has 0 fully saturated rings. The third-order valence-electron chi connectivity index (χ3n) is 3.25. The Morgan fingerprint density at radius 1 is 1.17 bits per heavy atom. The van der Waals surface area contributed by atoms with Crippen LogP contribution < -0.4 is 10.9 Å². The van der Waals surface area contributed by atoms with E-state index in [2.05, 4.69) is 21.2 Å². The van der Waals surface area contributed by atoms with Gasteiger partial charge in [-0.3, -0.25) is 14.9 Å².